The number of halogens is 2. The van der Waals surface area contributed by atoms with Crippen molar-refractivity contribution in [2.45, 2.75) is 19.4 Å². The van der Waals surface area contributed by atoms with Gasteiger partial charge in [-0.15, -0.1) is 0 Å². The minimum Gasteiger partial charge on any atom is -0.389 e. The van der Waals surface area contributed by atoms with E-state index >= 15 is 0 Å². The van der Waals surface area contributed by atoms with Crippen LogP contribution in [0.1, 0.15) is 24.2 Å². The Morgan fingerprint density at radius 1 is 1.19 bits per heavy atom. The van der Waals surface area contributed by atoms with Crippen LogP contribution in [0, 0.1) is 11.6 Å². The van der Waals surface area contributed by atoms with E-state index < -0.39 is 17.2 Å². The van der Waals surface area contributed by atoms with E-state index in [1.807, 2.05) is 0 Å². The summed E-state index contributed by atoms with van der Waals surface area (Å²) < 4.78 is 27.9. The number of anilines is 1. The summed E-state index contributed by atoms with van der Waals surface area (Å²) in [4.78, 5) is 14.3. The van der Waals surface area contributed by atoms with Crippen molar-refractivity contribution in [1.82, 2.24) is 4.90 Å². The van der Waals surface area contributed by atoms with Crippen LogP contribution in [0.25, 0.3) is 0 Å². The first-order valence-electron chi connectivity index (χ1n) is 6.94. The largest absolute Gasteiger partial charge is 0.389 e. The van der Waals surface area contributed by atoms with Crippen LogP contribution in [0.15, 0.2) is 12.1 Å². The third-order valence-corrected chi connectivity index (χ3v) is 3.47. The highest BCUT2D eigenvalue weighted by molar-refractivity contribution is 5.76. The molecule has 2 rings (SSSR count). The van der Waals surface area contributed by atoms with Crippen molar-refractivity contribution in [3.8, 4) is 0 Å². The lowest BCUT2D eigenvalue weighted by atomic mass is 10.1. The van der Waals surface area contributed by atoms with Gasteiger partial charge in [0.15, 0.2) is 0 Å². The molecule has 1 aliphatic rings. The second-order valence-electron chi connectivity index (χ2n) is 6.03. The van der Waals surface area contributed by atoms with Gasteiger partial charge < -0.3 is 10.0 Å². The predicted octanol–water partition coefficient (Wildman–Crippen LogP) is 1.67. The Morgan fingerprint density at radius 2 is 1.71 bits per heavy atom. The van der Waals surface area contributed by atoms with Crippen molar-refractivity contribution >= 4 is 12.0 Å². The summed E-state index contributed by atoms with van der Waals surface area (Å²) in [5.74, 6) is -1.43. The van der Waals surface area contributed by atoms with Gasteiger partial charge in [0.05, 0.1) is 5.60 Å². The first-order valence-corrected chi connectivity index (χ1v) is 6.94. The fourth-order valence-electron chi connectivity index (χ4n) is 2.63. The van der Waals surface area contributed by atoms with E-state index in [2.05, 4.69) is 4.90 Å². The van der Waals surface area contributed by atoms with Crippen LogP contribution < -0.4 is 4.90 Å². The molecule has 1 saturated heterocycles. The summed E-state index contributed by atoms with van der Waals surface area (Å²) in [5, 5.41) is 9.79. The molecule has 1 aromatic carbocycles. The minimum atomic E-state index is -0.787. The van der Waals surface area contributed by atoms with Crippen molar-refractivity contribution < 1.29 is 18.7 Å². The van der Waals surface area contributed by atoms with E-state index in [-0.39, 0.29) is 11.3 Å². The third kappa shape index (κ3) is 3.98. The lowest BCUT2D eigenvalue weighted by Gasteiger charge is -2.38. The zero-order valence-electron chi connectivity index (χ0n) is 12.3. The van der Waals surface area contributed by atoms with Crippen molar-refractivity contribution in [3.63, 3.8) is 0 Å². The standard InChI is InChI=1S/C15H20F2N2O2/c1-15(2,21)10-18-3-5-19(6-4-18)14-12(16)7-11(9-20)8-13(14)17/h7-9,21H,3-6,10H2,1-2H3. The molecule has 0 aromatic heterocycles. The van der Waals surface area contributed by atoms with Crippen LogP contribution in [-0.4, -0.2) is 54.6 Å². The molecule has 4 nitrogen and oxygen atoms in total. The second kappa shape index (κ2) is 6.07. The van der Waals surface area contributed by atoms with Crippen LogP contribution in [0.5, 0.6) is 0 Å². The normalized spacial score (nSPS) is 17.1. The summed E-state index contributed by atoms with van der Waals surface area (Å²) in [6, 6.07) is 2.10. The number of rotatable bonds is 4. The average Bonchev–Trinajstić information content (AvgIpc) is 2.38. The first-order chi connectivity index (χ1) is 9.80. The van der Waals surface area contributed by atoms with E-state index in [0.717, 1.165) is 12.1 Å². The highest BCUT2D eigenvalue weighted by Crippen LogP contribution is 2.26. The maximum atomic E-state index is 14.0. The number of aliphatic hydroxyl groups is 1. The fraction of sp³-hybridized carbons (Fsp3) is 0.533. The summed E-state index contributed by atoms with van der Waals surface area (Å²) in [6.45, 7) is 6.19. The van der Waals surface area contributed by atoms with Gasteiger partial charge in [-0.05, 0) is 26.0 Å². The second-order valence-corrected chi connectivity index (χ2v) is 6.03. The van der Waals surface area contributed by atoms with E-state index in [1.54, 1.807) is 18.7 Å². The van der Waals surface area contributed by atoms with Gasteiger partial charge >= 0.3 is 0 Å². The molecule has 1 fully saturated rings. The van der Waals surface area contributed by atoms with Crippen LogP contribution in [0.4, 0.5) is 14.5 Å². The number of benzene rings is 1. The summed E-state index contributed by atoms with van der Waals surface area (Å²) in [7, 11) is 0. The fourth-order valence-corrected chi connectivity index (χ4v) is 2.63. The molecule has 0 spiro atoms. The molecule has 21 heavy (non-hydrogen) atoms. The molecule has 0 atom stereocenters. The van der Waals surface area contributed by atoms with Crippen molar-refractivity contribution in [2.24, 2.45) is 0 Å². The Balaban J connectivity index is 2.07. The molecule has 6 heteroatoms. The number of hydrogen-bond donors (Lipinski definition) is 1. The van der Waals surface area contributed by atoms with Gasteiger partial charge in [-0.2, -0.15) is 0 Å². The smallest absolute Gasteiger partial charge is 0.150 e. The lowest BCUT2D eigenvalue weighted by molar-refractivity contribution is 0.0344. The Hall–Kier alpha value is -1.53. The number of hydrogen-bond acceptors (Lipinski definition) is 4. The van der Waals surface area contributed by atoms with Gasteiger partial charge in [0.25, 0.3) is 0 Å². The van der Waals surface area contributed by atoms with Crippen LogP contribution in [0.2, 0.25) is 0 Å². The molecule has 1 aromatic rings. The molecular weight excluding hydrogens is 278 g/mol. The maximum Gasteiger partial charge on any atom is 0.150 e. The molecule has 0 amide bonds. The Labute approximate surface area is 123 Å². The molecule has 1 heterocycles. The molecule has 116 valence electrons. The number of carbonyl (C=O) groups excluding carboxylic acids is 1. The first kappa shape index (κ1) is 15.9. The van der Waals surface area contributed by atoms with E-state index in [4.69, 9.17) is 0 Å². The molecular formula is C15H20F2N2O2. The SMILES string of the molecule is CC(C)(O)CN1CCN(c2c(F)cc(C=O)cc2F)CC1. The van der Waals surface area contributed by atoms with Crippen LogP contribution in [-0.2, 0) is 0 Å². The van der Waals surface area contributed by atoms with Crippen molar-refractivity contribution in [2.75, 3.05) is 37.6 Å². The number of aldehydes is 1. The van der Waals surface area contributed by atoms with Crippen LogP contribution >= 0.6 is 0 Å². The molecule has 1 N–H and O–H groups in total. The summed E-state index contributed by atoms with van der Waals surface area (Å²) >= 11 is 0. The minimum absolute atomic E-state index is 0.00517. The molecule has 1 aliphatic heterocycles. The molecule has 0 radical (unpaired) electrons. The number of nitrogens with zero attached hydrogens (tertiary/aromatic N) is 2. The average molecular weight is 298 g/mol. The number of carbonyl (C=O) groups is 1. The molecule has 0 saturated carbocycles. The Morgan fingerprint density at radius 3 is 2.14 bits per heavy atom. The highest BCUT2D eigenvalue weighted by atomic mass is 19.1. The maximum absolute atomic E-state index is 14.0. The molecule has 0 aliphatic carbocycles. The van der Waals surface area contributed by atoms with Gasteiger partial charge in [0, 0.05) is 38.3 Å². The highest BCUT2D eigenvalue weighted by Gasteiger charge is 2.25. The van der Waals surface area contributed by atoms with E-state index in [1.165, 1.54) is 0 Å². The Kier molecular flexibility index (Phi) is 4.58. The van der Waals surface area contributed by atoms with Gasteiger partial charge in [-0.1, -0.05) is 0 Å². The monoisotopic (exact) mass is 298 g/mol. The third-order valence-electron chi connectivity index (χ3n) is 3.47. The topological polar surface area (TPSA) is 43.8 Å². The van der Waals surface area contributed by atoms with Gasteiger partial charge in [0.2, 0.25) is 0 Å². The number of piperazine rings is 1. The van der Waals surface area contributed by atoms with Crippen molar-refractivity contribution in [3.05, 3.63) is 29.3 Å². The van der Waals surface area contributed by atoms with Crippen molar-refractivity contribution in [1.29, 1.82) is 0 Å². The van der Waals surface area contributed by atoms with E-state index in [9.17, 15) is 18.7 Å². The zero-order chi connectivity index (χ0) is 15.6. The van der Waals surface area contributed by atoms with Crippen LogP contribution in [0.3, 0.4) is 0 Å². The number of β-amino-alcohol motifs (C(OH)–C–C–N with tert-alkyl or cyclic N) is 1. The summed E-state index contributed by atoms with van der Waals surface area (Å²) in [6.07, 6.45) is 0.428. The lowest BCUT2D eigenvalue weighted by Crippen LogP contribution is -2.50. The quantitative estimate of drug-likeness (QED) is 0.859. The molecule has 0 unspecified atom stereocenters. The van der Waals surface area contributed by atoms with E-state index in [0.29, 0.717) is 39.0 Å². The van der Waals surface area contributed by atoms with Gasteiger partial charge in [0.1, 0.15) is 23.6 Å². The zero-order valence-corrected chi connectivity index (χ0v) is 12.3. The Bertz CT molecular complexity index is 498. The molecule has 0 bridgehead atoms. The summed E-state index contributed by atoms with van der Waals surface area (Å²) in [5.41, 5.74) is -0.873. The predicted molar refractivity (Wildman–Crippen MR) is 76.7 cm³/mol. The van der Waals surface area contributed by atoms with Gasteiger partial charge in [-0.3, -0.25) is 9.69 Å². The van der Waals surface area contributed by atoms with Gasteiger partial charge in [-0.25, -0.2) is 8.78 Å².